The molecule has 17 heavy (non-hydrogen) atoms. The number of ether oxygens (including phenoxy) is 1. The Labute approximate surface area is 106 Å². The van der Waals surface area contributed by atoms with E-state index in [2.05, 4.69) is 5.32 Å². The second-order valence-corrected chi connectivity index (χ2v) is 4.20. The Morgan fingerprint density at radius 2 is 2.29 bits per heavy atom. The van der Waals surface area contributed by atoms with Crippen LogP contribution in [0, 0.1) is 5.82 Å². The van der Waals surface area contributed by atoms with E-state index in [9.17, 15) is 4.39 Å². The lowest BCUT2D eigenvalue weighted by Crippen LogP contribution is -2.33. The molecule has 0 amide bonds. The molecule has 0 aromatic heterocycles. The van der Waals surface area contributed by atoms with Crippen LogP contribution in [0.25, 0.3) is 0 Å². The summed E-state index contributed by atoms with van der Waals surface area (Å²) in [5.74, 6) is -0.417. The van der Waals surface area contributed by atoms with Crippen molar-refractivity contribution in [2.24, 2.45) is 0 Å². The molecule has 0 bridgehead atoms. The molecule has 0 aliphatic carbocycles. The van der Waals surface area contributed by atoms with E-state index < -0.39 is 5.82 Å². The molecule has 3 nitrogen and oxygen atoms in total. The average Bonchev–Trinajstić information content (AvgIpc) is 2.31. The summed E-state index contributed by atoms with van der Waals surface area (Å²) < 4.78 is 18.0. The maximum atomic E-state index is 12.9. The molecule has 96 valence electrons. The maximum absolute atomic E-state index is 12.9. The molecule has 0 saturated carbocycles. The number of hydrogen-bond acceptors (Lipinski definition) is 3. The van der Waals surface area contributed by atoms with Crippen LogP contribution in [0.5, 0.6) is 0 Å². The molecule has 0 radical (unpaired) electrons. The third-order valence-corrected chi connectivity index (χ3v) is 2.71. The molecule has 1 rings (SSSR count). The predicted molar refractivity (Wildman–Crippen MR) is 65.6 cm³/mol. The van der Waals surface area contributed by atoms with Gasteiger partial charge in [0, 0.05) is 26.3 Å². The van der Waals surface area contributed by atoms with Gasteiger partial charge in [-0.25, -0.2) is 4.39 Å². The van der Waals surface area contributed by atoms with Crippen molar-refractivity contribution in [2.75, 3.05) is 20.3 Å². The first-order valence-electron chi connectivity index (χ1n) is 5.44. The molecule has 0 aliphatic rings. The highest BCUT2D eigenvalue weighted by Gasteiger charge is 2.07. The van der Waals surface area contributed by atoms with E-state index in [1.165, 1.54) is 6.07 Å². The number of rotatable bonds is 7. The fourth-order valence-electron chi connectivity index (χ4n) is 1.51. The molecule has 1 atom stereocenters. The SMILES string of the molecule is COCC(CCO)NCc1ccc(F)c(Cl)c1. The number of halogens is 2. The Morgan fingerprint density at radius 1 is 1.53 bits per heavy atom. The van der Waals surface area contributed by atoms with Gasteiger partial charge in [-0.1, -0.05) is 17.7 Å². The van der Waals surface area contributed by atoms with Gasteiger partial charge in [0.2, 0.25) is 0 Å². The number of benzene rings is 1. The van der Waals surface area contributed by atoms with Crippen LogP contribution in [0.2, 0.25) is 5.02 Å². The molecule has 0 spiro atoms. The first-order valence-corrected chi connectivity index (χ1v) is 5.82. The molecule has 0 saturated heterocycles. The maximum Gasteiger partial charge on any atom is 0.141 e. The zero-order valence-corrected chi connectivity index (χ0v) is 10.5. The molecule has 5 heteroatoms. The first-order chi connectivity index (χ1) is 8.17. The minimum Gasteiger partial charge on any atom is -0.396 e. The third kappa shape index (κ3) is 5.00. The van der Waals surface area contributed by atoms with Gasteiger partial charge in [-0.3, -0.25) is 0 Å². The monoisotopic (exact) mass is 261 g/mol. The second-order valence-electron chi connectivity index (χ2n) is 3.79. The fraction of sp³-hybridized carbons (Fsp3) is 0.500. The van der Waals surface area contributed by atoms with Crippen LogP contribution in [0.3, 0.4) is 0 Å². The molecule has 2 N–H and O–H groups in total. The molecule has 0 fully saturated rings. The molecule has 1 aromatic rings. The lowest BCUT2D eigenvalue weighted by molar-refractivity contribution is 0.148. The summed E-state index contributed by atoms with van der Waals surface area (Å²) in [6.07, 6.45) is 0.614. The standard InChI is InChI=1S/C12H17ClFNO2/c1-17-8-10(4-5-16)15-7-9-2-3-12(14)11(13)6-9/h2-3,6,10,15-16H,4-5,7-8H2,1H3. The van der Waals surface area contributed by atoms with Gasteiger partial charge < -0.3 is 15.2 Å². The predicted octanol–water partition coefficient (Wildman–Crippen LogP) is 1.97. The first kappa shape index (κ1) is 14.4. The second kappa shape index (κ2) is 7.61. The zero-order chi connectivity index (χ0) is 12.7. The highest BCUT2D eigenvalue weighted by Crippen LogP contribution is 2.15. The molecular weight excluding hydrogens is 245 g/mol. The van der Waals surface area contributed by atoms with Crippen molar-refractivity contribution in [3.05, 3.63) is 34.6 Å². The van der Waals surface area contributed by atoms with Crippen molar-refractivity contribution in [1.82, 2.24) is 5.32 Å². The summed E-state index contributed by atoms with van der Waals surface area (Å²) >= 11 is 5.68. The number of aliphatic hydroxyl groups is 1. The van der Waals surface area contributed by atoms with Crippen LogP contribution in [0.15, 0.2) is 18.2 Å². The van der Waals surface area contributed by atoms with Gasteiger partial charge in [-0.15, -0.1) is 0 Å². The van der Waals surface area contributed by atoms with Crippen molar-refractivity contribution in [3.63, 3.8) is 0 Å². The smallest absolute Gasteiger partial charge is 0.141 e. The Hall–Kier alpha value is -0.680. The zero-order valence-electron chi connectivity index (χ0n) is 9.75. The number of aliphatic hydroxyl groups excluding tert-OH is 1. The number of methoxy groups -OCH3 is 1. The van der Waals surface area contributed by atoms with Gasteiger partial charge in [0.05, 0.1) is 11.6 Å². The van der Waals surface area contributed by atoms with Gasteiger partial charge in [-0.2, -0.15) is 0 Å². The summed E-state index contributed by atoms with van der Waals surface area (Å²) in [6.45, 7) is 1.19. The number of hydrogen-bond donors (Lipinski definition) is 2. The van der Waals surface area contributed by atoms with E-state index in [0.29, 0.717) is 19.6 Å². The molecule has 0 heterocycles. The van der Waals surface area contributed by atoms with Crippen molar-refractivity contribution in [3.8, 4) is 0 Å². The molecule has 1 aromatic carbocycles. The van der Waals surface area contributed by atoms with Gasteiger partial charge in [-0.05, 0) is 24.1 Å². The summed E-state index contributed by atoms with van der Waals surface area (Å²) in [5, 5.41) is 12.2. The highest BCUT2D eigenvalue weighted by molar-refractivity contribution is 6.30. The highest BCUT2D eigenvalue weighted by atomic mass is 35.5. The Morgan fingerprint density at radius 3 is 2.88 bits per heavy atom. The Kier molecular flexibility index (Phi) is 6.44. The van der Waals surface area contributed by atoms with E-state index in [-0.39, 0.29) is 17.7 Å². The Balaban J connectivity index is 2.49. The van der Waals surface area contributed by atoms with Crippen molar-refractivity contribution in [1.29, 1.82) is 0 Å². The average molecular weight is 262 g/mol. The van der Waals surface area contributed by atoms with Gasteiger partial charge in [0.15, 0.2) is 0 Å². The quantitative estimate of drug-likeness (QED) is 0.789. The minimum atomic E-state index is -0.417. The summed E-state index contributed by atoms with van der Waals surface area (Å²) in [7, 11) is 1.61. The topological polar surface area (TPSA) is 41.5 Å². The van der Waals surface area contributed by atoms with Crippen LogP contribution in [0.1, 0.15) is 12.0 Å². The van der Waals surface area contributed by atoms with Crippen LogP contribution < -0.4 is 5.32 Å². The van der Waals surface area contributed by atoms with E-state index in [1.54, 1.807) is 19.2 Å². The van der Waals surface area contributed by atoms with Crippen LogP contribution >= 0.6 is 11.6 Å². The third-order valence-electron chi connectivity index (χ3n) is 2.42. The van der Waals surface area contributed by atoms with E-state index >= 15 is 0 Å². The molecule has 0 aliphatic heterocycles. The van der Waals surface area contributed by atoms with Crippen LogP contribution in [-0.4, -0.2) is 31.5 Å². The van der Waals surface area contributed by atoms with Crippen LogP contribution in [-0.2, 0) is 11.3 Å². The summed E-state index contributed by atoms with van der Waals surface area (Å²) in [4.78, 5) is 0. The van der Waals surface area contributed by atoms with E-state index in [4.69, 9.17) is 21.4 Å². The van der Waals surface area contributed by atoms with E-state index in [0.717, 1.165) is 5.56 Å². The minimum absolute atomic E-state index is 0.0776. The van der Waals surface area contributed by atoms with Crippen LogP contribution in [0.4, 0.5) is 4.39 Å². The summed E-state index contributed by atoms with van der Waals surface area (Å²) in [5.41, 5.74) is 0.899. The lowest BCUT2D eigenvalue weighted by atomic mass is 10.2. The fourth-order valence-corrected chi connectivity index (χ4v) is 1.72. The lowest BCUT2D eigenvalue weighted by Gasteiger charge is -2.16. The molecular formula is C12H17ClFNO2. The number of nitrogens with one attached hydrogen (secondary N) is 1. The van der Waals surface area contributed by atoms with Gasteiger partial charge in [0.25, 0.3) is 0 Å². The normalized spacial score (nSPS) is 12.7. The molecule has 1 unspecified atom stereocenters. The van der Waals surface area contributed by atoms with Gasteiger partial charge in [0.1, 0.15) is 5.82 Å². The van der Waals surface area contributed by atoms with Gasteiger partial charge >= 0.3 is 0 Å². The largest absolute Gasteiger partial charge is 0.396 e. The Bertz CT molecular complexity index is 343. The van der Waals surface area contributed by atoms with Crippen molar-refractivity contribution in [2.45, 2.75) is 19.0 Å². The summed E-state index contributed by atoms with van der Waals surface area (Å²) in [6, 6.07) is 4.69. The van der Waals surface area contributed by atoms with Crippen molar-refractivity contribution >= 4 is 11.6 Å². The van der Waals surface area contributed by atoms with Crippen molar-refractivity contribution < 1.29 is 14.2 Å². The van der Waals surface area contributed by atoms with E-state index in [1.807, 2.05) is 0 Å².